The summed E-state index contributed by atoms with van der Waals surface area (Å²) in [5.41, 5.74) is 3.21. The Kier molecular flexibility index (Phi) is 4.27. The van der Waals surface area contributed by atoms with Gasteiger partial charge in [-0.05, 0) is 43.5 Å². The summed E-state index contributed by atoms with van der Waals surface area (Å²) in [6.07, 6.45) is 2.00. The Bertz CT molecular complexity index is 657. The lowest BCUT2D eigenvalue weighted by Crippen LogP contribution is -2.10. The molecule has 2 nitrogen and oxygen atoms in total. The van der Waals surface area contributed by atoms with Gasteiger partial charge in [-0.25, -0.2) is 0 Å². The van der Waals surface area contributed by atoms with Gasteiger partial charge in [0, 0.05) is 10.6 Å². The molecule has 1 heterocycles. The lowest BCUT2D eigenvalue weighted by atomic mass is 9.99. The van der Waals surface area contributed by atoms with Gasteiger partial charge in [-0.2, -0.15) is 0 Å². The zero-order valence-corrected chi connectivity index (χ0v) is 13.3. The first-order valence-electron chi connectivity index (χ1n) is 7.09. The number of rotatable bonds is 2. The van der Waals surface area contributed by atoms with E-state index in [-0.39, 0.29) is 6.04 Å². The maximum atomic E-state index is 6.26. The number of anilines is 1. The second kappa shape index (κ2) is 6.17. The third kappa shape index (κ3) is 3.12. The largest absolute Gasteiger partial charge is 0.493 e. The zero-order chi connectivity index (χ0) is 14.8. The Balaban J connectivity index is 1.96. The number of aryl methyl sites for hydroxylation is 1. The molecule has 0 fully saturated rings. The second-order valence-corrected chi connectivity index (χ2v) is 6.15. The number of ether oxygens (including phenoxy) is 1. The van der Waals surface area contributed by atoms with Crippen molar-refractivity contribution in [3.05, 3.63) is 57.6 Å². The van der Waals surface area contributed by atoms with Crippen molar-refractivity contribution in [3.63, 3.8) is 0 Å². The molecule has 2 aromatic rings. The Morgan fingerprint density at radius 2 is 2.05 bits per heavy atom. The van der Waals surface area contributed by atoms with E-state index in [0.29, 0.717) is 10.0 Å². The van der Waals surface area contributed by atoms with Crippen LogP contribution in [0.1, 0.15) is 30.0 Å². The summed E-state index contributed by atoms with van der Waals surface area (Å²) in [7, 11) is 0. The van der Waals surface area contributed by atoms with Crippen LogP contribution in [0, 0.1) is 6.92 Å². The monoisotopic (exact) mass is 321 g/mol. The first-order valence-corrected chi connectivity index (χ1v) is 7.84. The Morgan fingerprint density at radius 1 is 1.19 bits per heavy atom. The van der Waals surface area contributed by atoms with Crippen LogP contribution >= 0.6 is 23.2 Å². The highest BCUT2D eigenvalue weighted by Crippen LogP contribution is 2.37. The van der Waals surface area contributed by atoms with Gasteiger partial charge in [0.2, 0.25) is 0 Å². The van der Waals surface area contributed by atoms with Crippen molar-refractivity contribution in [1.29, 1.82) is 0 Å². The minimum absolute atomic E-state index is 0.179. The van der Waals surface area contributed by atoms with Crippen molar-refractivity contribution < 1.29 is 4.74 Å². The summed E-state index contributed by atoms with van der Waals surface area (Å²) < 4.78 is 5.90. The number of hydrogen-bond donors (Lipinski definition) is 1. The Morgan fingerprint density at radius 3 is 2.90 bits per heavy atom. The standard InChI is InChI=1S/C17H17Cl2NO/c1-11-4-2-5-13-15(6-3-9-21-17(11)13)20-16-10-12(18)7-8-14(16)19/h2,4-5,7-8,10,15,20H,3,6,9H2,1H3. The number of nitrogens with one attached hydrogen (secondary N) is 1. The van der Waals surface area contributed by atoms with Crippen molar-refractivity contribution in [1.82, 2.24) is 0 Å². The Labute approximate surface area is 135 Å². The van der Waals surface area contributed by atoms with Crippen LogP contribution < -0.4 is 10.1 Å². The predicted octanol–water partition coefficient (Wildman–Crippen LogP) is 5.63. The molecule has 110 valence electrons. The molecular formula is C17H17Cl2NO. The van der Waals surface area contributed by atoms with Crippen LogP contribution in [0.2, 0.25) is 10.0 Å². The normalized spacial score (nSPS) is 17.6. The summed E-state index contributed by atoms with van der Waals surface area (Å²) in [6, 6.07) is 11.9. The molecule has 0 saturated heterocycles. The van der Waals surface area contributed by atoms with Crippen LogP contribution in [0.15, 0.2) is 36.4 Å². The van der Waals surface area contributed by atoms with Crippen LogP contribution in [-0.2, 0) is 0 Å². The smallest absolute Gasteiger partial charge is 0.127 e. The maximum absolute atomic E-state index is 6.26. The molecule has 1 atom stereocenters. The van der Waals surface area contributed by atoms with Crippen molar-refractivity contribution in [2.24, 2.45) is 0 Å². The van der Waals surface area contributed by atoms with Gasteiger partial charge in [0.1, 0.15) is 5.75 Å². The molecule has 0 bridgehead atoms. The molecule has 1 unspecified atom stereocenters. The lowest BCUT2D eigenvalue weighted by molar-refractivity contribution is 0.314. The van der Waals surface area contributed by atoms with Crippen molar-refractivity contribution >= 4 is 28.9 Å². The SMILES string of the molecule is Cc1cccc2c1OCCCC2Nc1cc(Cl)ccc1Cl. The van der Waals surface area contributed by atoms with E-state index in [4.69, 9.17) is 27.9 Å². The average Bonchev–Trinajstić information content (AvgIpc) is 2.67. The fraction of sp³-hybridized carbons (Fsp3) is 0.294. The van der Waals surface area contributed by atoms with Crippen LogP contribution in [0.3, 0.4) is 0 Å². The summed E-state index contributed by atoms with van der Waals surface area (Å²) in [5.74, 6) is 0.991. The third-order valence-corrected chi connectivity index (χ3v) is 4.32. The molecule has 0 aromatic heterocycles. The van der Waals surface area contributed by atoms with Gasteiger partial charge < -0.3 is 10.1 Å². The molecule has 4 heteroatoms. The van der Waals surface area contributed by atoms with E-state index < -0.39 is 0 Å². The molecule has 0 amide bonds. The minimum Gasteiger partial charge on any atom is -0.493 e. The second-order valence-electron chi connectivity index (χ2n) is 5.31. The summed E-state index contributed by atoms with van der Waals surface area (Å²) >= 11 is 12.3. The van der Waals surface area contributed by atoms with E-state index in [1.165, 1.54) is 11.1 Å². The molecule has 1 aliphatic heterocycles. The van der Waals surface area contributed by atoms with Crippen LogP contribution in [0.4, 0.5) is 5.69 Å². The molecule has 0 spiro atoms. The molecule has 3 rings (SSSR count). The fourth-order valence-corrected chi connectivity index (χ4v) is 3.05. The molecule has 0 radical (unpaired) electrons. The van der Waals surface area contributed by atoms with Gasteiger partial charge >= 0.3 is 0 Å². The first-order chi connectivity index (χ1) is 10.1. The molecule has 0 saturated carbocycles. The number of halogens is 2. The van der Waals surface area contributed by atoms with Crippen molar-refractivity contribution in [2.75, 3.05) is 11.9 Å². The van der Waals surface area contributed by atoms with Crippen LogP contribution in [0.25, 0.3) is 0 Å². The van der Waals surface area contributed by atoms with Crippen LogP contribution in [-0.4, -0.2) is 6.61 Å². The van der Waals surface area contributed by atoms with Gasteiger partial charge in [0.05, 0.1) is 23.4 Å². The van der Waals surface area contributed by atoms with Crippen molar-refractivity contribution in [3.8, 4) is 5.75 Å². The number of benzene rings is 2. The highest BCUT2D eigenvalue weighted by atomic mass is 35.5. The van der Waals surface area contributed by atoms with E-state index in [9.17, 15) is 0 Å². The van der Waals surface area contributed by atoms with E-state index in [0.717, 1.165) is 30.9 Å². The van der Waals surface area contributed by atoms with E-state index in [1.54, 1.807) is 6.07 Å². The van der Waals surface area contributed by atoms with Gasteiger partial charge in [-0.15, -0.1) is 0 Å². The molecule has 0 aliphatic carbocycles. The quantitative estimate of drug-likeness (QED) is 0.774. The molecule has 21 heavy (non-hydrogen) atoms. The van der Waals surface area contributed by atoms with Crippen molar-refractivity contribution in [2.45, 2.75) is 25.8 Å². The number of hydrogen-bond acceptors (Lipinski definition) is 2. The van der Waals surface area contributed by atoms with Gasteiger partial charge in [0.15, 0.2) is 0 Å². The Hall–Kier alpha value is -1.38. The molecular weight excluding hydrogens is 305 g/mol. The van der Waals surface area contributed by atoms with Gasteiger partial charge in [-0.1, -0.05) is 41.4 Å². The van der Waals surface area contributed by atoms with E-state index in [2.05, 4.69) is 30.4 Å². The topological polar surface area (TPSA) is 21.3 Å². The third-order valence-electron chi connectivity index (χ3n) is 3.76. The van der Waals surface area contributed by atoms with Crippen LogP contribution in [0.5, 0.6) is 5.75 Å². The first kappa shape index (κ1) is 14.6. The lowest BCUT2D eigenvalue weighted by Gasteiger charge is -2.21. The van der Waals surface area contributed by atoms with Gasteiger partial charge in [0.25, 0.3) is 0 Å². The number of fused-ring (bicyclic) bond motifs is 1. The van der Waals surface area contributed by atoms with Gasteiger partial charge in [-0.3, -0.25) is 0 Å². The zero-order valence-electron chi connectivity index (χ0n) is 11.8. The summed E-state index contributed by atoms with van der Waals surface area (Å²) in [6.45, 7) is 2.83. The predicted molar refractivity (Wildman–Crippen MR) is 88.7 cm³/mol. The molecule has 1 N–H and O–H groups in total. The maximum Gasteiger partial charge on any atom is 0.127 e. The number of para-hydroxylation sites is 1. The molecule has 1 aliphatic rings. The minimum atomic E-state index is 0.179. The summed E-state index contributed by atoms with van der Waals surface area (Å²) in [5, 5.41) is 4.87. The van der Waals surface area contributed by atoms with E-state index >= 15 is 0 Å². The fourth-order valence-electron chi connectivity index (χ4n) is 2.71. The average molecular weight is 322 g/mol. The van der Waals surface area contributed by atoms with E-state index in [1.807, 2.05) is 12.1 Å². The highest BCUT2D eigenvalue weighted by molar-refractivity contribution is 6.35. The molecule has 2 aromatic carbocycles. The highest BCUT2D eigenvalue weighted by Gasteiger charge is 2.21. The summed E-state index contributed by atoms with van der Waals surface area (Å²) in [4.78, 5) is 0.